The van der Waals surface area contributed by atoms with Gasteiger partial charge in [-0.25, -0.2) is 0 Å². The molecule has 5 nitrogen and oxygen atoms in total. The zero-order chi connectivity index (χ0) is 15.7. The molecular weight excluding hydrogens is 276 g/mol. The van der Waals surface area contributed by atoms with Crippen LogP contribution in [0.1, 0.15) is 43.5 Å². The van der Waals surface area contributed by atoms with E-state index in [9.17, 15) is 4.79 Å². The molecule has 2 aliphatic heterocycles. The third kappa shape index (κ3) is 3.05. The van der Waals surface area contributed by atoms with E-state index in [1.165, 1.54) is 25.8 Å². The molecule has 22 heavy (non-hydrogen) atoms. The van der Waals surface area contributed by atoms with Crippen LogP contribution < -0.4 is 0 Å². The molecule has 2 saturated heterocycles. The molecule has 1 aromatic rings. The number of carbonyl (C=O) groups excluding carboxylic acids is 1. The summed E-state index contributed by atoms with van der Waals surface area (Å²) in [6.45, 7) is 6.86. The molecule has 5 heteroatoms. The Hall–Kier alpha value is -1.36. The molecule has 1 aromatic heterocycles. The highest BCUT2D eigenvalue weighted by molar-refractivity contribution is 5.76. The van der Waals surface area contributed by atoms with Crippen LogP contribution in [0.25, 0.3) is 0 Å². The highest BCUT2D eigenvalue weighted by Crippen LogP contribution is 2.29. The van der Waals surface area contributed by atoms with Crippen LogP contribution in [0.4, 0.5) is 0 Å². The fourth-order valence-corrected chi connectivity index (χ4v) is 4.17. The molecule has 0 radical (unpaired) electrons. The van der Waals surface area contributed by atoms with Gasteiger partial charge < -0.3 is 9.80 Å². The van der Waals surface area contributed by atoms with E-state index in [1.54, 1.807) is 0 Å². The van der Waals surface area contributed by atoms with Gasteiger partial charge in [0.15, 0.2) is 0 Å². The molecule has 0 aromatic carbocycles. The monoisotopic (exact) mass is 304 g/mol. The number of likely N-dealkylation sites (N-methyl/N-ethyl adjacent to an activating group) is 1. The first kappa shape index (κ1) is 15.5. The number of amides is 1. The molecule has 0 N–H and O–H groups in total. The zero-order valence-corrected chi connectivity index (χ0v) is 14.1. The van der Waals surface area contributed by atoms with Gasteiger partial charge in [0.05, 0.1) is 5.69 Å². The number of rotatable bonds is 4. The van der Waals surface area contributed by atoms with Crippen molar-refractivity contribution in [2.24, 2.45) is 0 Å². The molecule has 1 amide bonds. The van der Waals surface area contributed by atoms with Gasteiger partial charge in [0, 0.05) is 37.3 Å². The molecular formula is C17H28N4O. The fourth-order valence-electron chi connectivity index (χ4n) is 4.17. The number of aryl methyl sites for hydroxylation is 3. The van der Waals surface area contributed by atoms with Gasteiger partial charge >= 0.3 is 0 Å². The van der Waals surface area contributed by atoms with Crippen molar-refractivity contribution in [2.75, 3.05) is 20.1 Å². The Balaban J connectivity index is 1.60. The van der Waals surface area contributed by atoms with E-state index in [0.29, 0.717) is 31.0 Å². The van der Waals surface area contributed by atoms with E-state index < -0.39 is 0 Å². The number of nitrogens with zero attached hydrogens (tertiary/aromatic N) is 4. The number of aromatic nitrogens is 2. The lowest BCUT2D eigenvalue weighted by Gasteiger charge is -2.33. The second-order valence-corrected chi connectivity index (χ2v) is 6.89. The van der Waals surface area contributed by atoms with Crippen molar-refractivity contribution in [1.29, 1.82) is 0 Å². The minimum atomic E-state index is 0.301. The van der Waals surface area contributed by atoms with Crippen LogP contribution in [0.3, 0.4) is 0 Å². The maximum absolute atomic E-state index is 12.7. The van der Waals surface area contributed by atoms with Gasteiger partial charge in [-0.05, 0) is 59.2 Å². The Bertz CT molecular complexity index is 539. The van der Waals surface area contributed by atoms with Gasteiger partial charge in [-0.2, -0.15) is 5.10 Å². The molecule has 2 atom stereocenters. The predicted octanol–water partition coefficient (Wildman–Crippen LogP) is 1.98. The zero-order valence-electron chi connectivity index (χ0n) is 14.1. The Labute approximate surface area is 133 Å². The number of hydrogen-bond acceptors (Lipinski definition) is 3. The summed E-state index contributed by atoms with van der Waals surface area (Å²) >= 11 is 0. The van der Waals surface area contributed by atoms with Crippen LogP contribution in [-0.4, -0.2) is 57.7 Å². The maximum atomic E-state index is 12.7. The van der Waals surface area contributed by atoms with E-state index in [4.69, 9.17) is 0 Å². The van der Waals surface area contributed by atoms with E-state index >= 15 is 0 Å². The SMILES string of the molecule is Cc1cc(C)n(CCC(=O)N2CCC[C@H]2[C@H]2CCCN2C)n1. The second kappa shape index (κ2) is 6.41. The molecule has 0 aliphatic carbocycles. The Morgan fingerprint density at radius 3 is 2.59 bits per heavy atom. The summed E-state index contributed by atoms with van der Waals surface area (Å²) in [7, 11) is 2.20. The maximum Gasteiger partial charge on any atom is 0.224 e. The molecule has 0 bridgehead atoms. The Morgan fingerprint density at radius 1 is 1.23 bits per heavy atom. The average Bonchev–Trinajstić information content (AvgIpc) is 3.16. The summed E-state index contributed by atoms with van der Waals surface area (Å²) in [6.07, 6.45) is 5.39. The van der Waals surface area contributed by atoms with Crippen LogP contribution >= 0.6 is 0 Å². The normalized spacial score (nSPS) is 26.0. The van der Waals surface area contributed by atoms with Crippen molar-refractivity contribution in [3.05, 3.63) is 17.5 Å². The van der Waals surface area contributed by atoms with Crippen LogP contribution in [-0.2, 0) is 11.3 Å². The third-order valence-corrected chi connectivity index (χ3v) is 5.28. The second-order valence-electron chi connectivity index (χ2n) is 6.89. The number of likely N-dealkylation sites (tertiary alicyclic amines) is 2. The fraction of sp³-hybridized carbons (Fsp3) is 0.765. The summed E-state index contributed by atoms with van der Waals surface area (Å²) in [5.41, 5.74) is 2.16. The summed E-state index contributed by atoms with van der Waals surface area (Å²) in [5.74, 6) is 0.301. The minimum absolute atomic E-state index is 0.301. The standard InChI is InChI=1S/C17H28N4O/c1-13-12-14(2)21(18-13)11-8-17(22)20-10-5-7-16(20)15-6-4-9-19(15)3/h12,15-16H,4-11H2,1-3H3/t15-,16+/m1/s1. The molecule has 122 valence electrons. The molecule has 0 spiro atoms. The van der Waals surface area contributed by atoms with E-state index in [0.717, 1.165) is 24.4 Å². The minimum Gasteiger partial charge on any atom is -0.338 e. The van der Waals surface area contributed by atoms with Crippen LogP contribution in [0.2, 0.25) is 0 Å². The summed E-state index contributed by atoms with van der Waals surface area (Å²) in [5, 5.41) is 4.46. The van der Waals surface area contributed by atoms with Gasteiger partial charge in [0.25, 0.3) is 0 Å². The third-order valence-electron chi connectivity index (χ3n) is 5.28. The lowest BCUT2D eigenvalue weighted by Crippen LogP contribution is -2.47. The lowest BCUT2D eigenvalue weighted by atomic mass is 10.0. The summed E-state index contributed by atoms with van der Waals surface area (Å²) in [4.78, 5) is 17.3. The van der Waals surface area contributed by atoms with Crippen molar-refractivity contribution in [2.45, 2.75) is 64.6 Å². The van der Waals surface area contributed by atoms with Crippen molar-refractivity contribution < 1.29 is 4.79 Å². The quantitative estimate of drug-likeness (QED) is 0.854. The van der Waals surface area contributed by atoms with Crippen LogP contribution in [0.5, 0.6) is 0 Å². The first-order chi connectivity index (χ1) is 10.6. The summed E-state index contributed by atoms with van der Waals surface area (Å²) < 4.78 is 1.96. The van der Waals surface area contributed by atoms with Gasteiger partial charge in [-0.15, -0.1) is 0 Å². The highest BCUT2D eigenvalue weighted by Gasteiger charge is 2.38. The lowest BCUT2D eigenvalue weighted by molar-refractivity contribution is -0.133. The van der Waals surface area contributed by atoms with Crippen molar-refractivity contribution in [3.63, 3.8) is 0 Å². The first-order valence-electron chi connectivity index (χ1n) is 8.57. The highest BCUT2D eigenvalue weighted by atomic mass is 16.2. The first-order valence-corrected chi connectivity index (χ1v) is 8.57. The molecule has 2 fully saturated rings. The Morgan fingerprint density at radius 2 is 1.95 bits per heavy atom. The number of hydrogen-bond donors (Lipinski definition) is 0. The predicted molar refractivity (Wildman–Crippen MR) is 86.7 cm³/mol. The summed E-state index contributed by atoms with van der Waals surface area (Å²) in [6, 6.07) is 3.07. The van der Waals surface area contributed by atoms with Crippen molar-refractivity contribution >= 4 is 5.91 Å². The van der Waals surface area contributed by atoms with Crippen LogP contribution in [0.15, 0.2) is 6.07 Å². The average molecular weight is 304 g/mol. The molecule has 3 heterocycles. The topological polar surface area (TPSA) is 41.4 Å². The smallest absolute Gasteiger partial charge is 0.224 e. The van der Waals surface area contributed by atoms with Crippen molar-refractivity contribution in [3.8, 4) is 0 Å². The van der Waals surface area contributed by atoms with E-state index in [2.05, 4.69) is 34.9 Å². The van der Waals surface area contributed by atoms with Gasteiger partial charge in [-0.1, -0.05) is 0 Å². The molecule has 0 saturated carbocycles. The van der Waals surface area contributed by atoms with Gasteiger partial charge in [-0.3, -0.25) is 9.48 Å². The van der Waals surface area contributed by atoms with E-state index in [-0.39, 0.29) is 0 Å². The number of carbonyl (C=O) groups is 1. The van der Waals surface area contributed by atoms with Gasteiger partial charge in [0.1, 0.15) is 0 Å². The molecule has 3 rings (SSSR count). The van der Waals surface area contributed by atoms with Crippen molar-refractivity contribution in [1.82, 2.24) is 19.6 Å². The molecule has 2 aliphatic rings. The largest absolute Gasteiger partial charge is 0.338 e. The Kier molecular flexibility index (Phi) is 4.52. The molecule has 0 unspecified atom stereocenters. The van der Waals surface area contributed by atoms with Gasteiger partial charge in [0.2, 0.25) is 5.91 Å². The van der Waals surface area contributed by atoms with E-state index in [1.807, 2.05) is 11.6 Å². The van der Waals surface area contributed by atoms with Crippen LogP contribution in [0, 0.1) is 13.8 Å².